The minimum absolute atomic E-state index is 0.279. The Morgan fingerprint density at radius 1 is 1.24 bits per heavy atom. The van der Waals surface area contributed by atoms with E-state index in [0.717, 1.165) is 17.1 Å². The lowest BCUT2D eigenvalue weighted by molar-refractivity contribution is 0.628. The molecule has 0 amide bonds. The van der Waals surface area contributed by atoms with Crippen LogP contribution in [0.25, 0.3) is 0 Å². The fourth-order valence-electron chi connectivity index (χ4n) is 1.43. The summed E-state index contributed by atoms with van der Waals surface area (Å²) in [6.45, 7) is 1.88. The van der Waals surface area contributed by atoms with Gasteiger partial charge in [0, 0.05) is 11.4 Å². The Bertz CT molecular complexity index is 598. The standard InChI is InChI=1S/C11H10FN3S2/c1-6-9(15-11(17)13-6)10(16)14-8-4-2-7(12)3-5-8/h2-5H,1H3,(H,14,16)(H2,13,15,17). The van der Waals surface area contributed by atoms with Gasteiger partial charge in [-0.25, -0.2) is 4.39 Å². The third-order valence-electron chi connectivity index (χ3n) is 2.24. The van der Waals surface area contributed by atoms with Crippen LogP contribution in [0.3, 0.4) is 0 Å². The van der Waals surface area contributed by atoms with E-state index in [0.29, 0.717) is 9.76 Å². The summed E-state index contributed by atoms with van der Waals surface area (Å²) in [6, 6.07) is 5.99. The highest BCUT2D eigenvalue weighted by molar-refractivity contribution is 7.81. The van der Waals surface area contributed by atoms with Gasteiger partial charge in [-0.3, -0.25) is 0 Å². The zero-order valence-electron chi connectivity index (χ0n) is 9.00. The molecule has 6 heteroatoms. The molecule has 0 aliphatic heterocycles. The van der Waals surface area contributed by atoms with Gasteiger partial charge in [0.05, 0.1) is 5.69 Å². The van der Waals surface area contributed by atoms with Crippen molar-refractivity contribution in [3.8, 4) is 0 Å². The number of halogens is 1. The number of thiocarbonyl (C=S) groups is 1. The maximum Gasteiger partial charge on any atom is 0.175 e. The van der Waals surface area contributed by atoms with Gasteiger partial charge in [0.1, 0.15) is 10.8 Å². The van der Waals surface area contributed by atoms with Crippen molar-refractivity contribution < 1.29 is 4.39 Å². The molecule has 0 unspecified atom stereocenters. The van der Waals surface area contributed by atoms with Crippen LogP contribution in [0.4, 0.5) is 10.1 Å². The smallest absolute Gasteiger partial charge is 0.175 e. The molecule has 0 spiro atoms. The number of hydrogen-bond donors (Lipinski definition) is 3. The Labute approximate surface area is 108 Å². The van der Waals surface area contributed by atoms with E-state index in [-0.39, 0.29) is 5.82 Å². The molecule has 1 aromatic heterocycles. The van der Waals surface area contributed by atoms with Gasteiger partial charge in [-0.15, -0.1) is 0 Å². The molecular weight excluding hydrogens is 257 g/mol. The molecule has 3 nitrogen and oxygen atoms in total. The average molecular weight is 267 g/mol. The molecule has 0 fully saturated rings. The normalized spacial score (nSPS) is 10.2. The largest absolute Gasteiger partial charge is 0.345 e. The molecule has 2 aromatic rings. The first-order chi connectivity index (χ1) is 8.06. The first-order valence-corrected chi connectivity index (χ1v) is 5.74. The number of imidazole rings is 1. The molecule has 0 aliphatic rings. The van der Waals surface area contributed by atoms with E-state index < -0.39 is 0 Å². The number of rotatable bonds is 2. The number of anilines is 1. The monoisotopic (exact) mass is 267 g/mol. The fourth-order valence-corrected chi connectivity index (χ4v) is 2.00. The van der Waals surface area contributed by atoms with Crippen molar-refractivity contribution in [3.63, 3.8) is 0 Å². The minimum Gasteiger partial charge on any atom is -0.345 e. The van der Waals surface area contributed by atoms with Crippen LogP contribution in [0.15, 0.2) is 24.3 Å². The summed E-state index contributed by atoms with van der Waals surface area (Å²) in [5, 5.41) is 3.01. The van der Waals surface area contributed by atoms with E-state index in [1.165, 1.54) is 12.1 Å². The number of hydrogen-bond acceptors (Lipinski definition) is 2. The predicted octanol–water partition coefficient (Wildman–Crippen LogP) is 3.31. The van der Waals surface area contributed by atoms with Crippen LogP contribution in [0.1, 0.15) is 11.4 Å². The van der Waals surface area contributed by atoms with E-state index in [9.17, 15) is 4.39 Å². The van der Waals surface area contributed by atoms with Crippen molar-refractivity contribution in [2.45, 2.75) is 6.92 Å². The lowest BCUT2D eigenvalue weighted by Gasteiger charge is -2.06. The van der Waals surface area contributed by atoms with Crippen LogP contribution in [0.5, 0.6) is 0 Å². The summed E-state index contributed by atoms with van der Waals surface area (Å²) in [6.07, 6.45) is 0. The Morgan fingerprint density at radius 2 is 1.88 bits per heavy atom. The molecule has 1 heterocycles. The van der Waals surface area contributed by atoms with Crippen LogP contribution < -0.4 is 5.32 Å². The van der Waals surface area contributed by atoms with Gasteiger partial charge in [-0.05, 0) is 43.4 Å². The van der Waals surface area contributed by atoms with Crippen LogP contribution >= 0.6 is 24.4 Å². The molecule has 88 valence electrons. The van der Waals surface area contributed by atoms with Gasteiger partial charge in [-0.2, -0.15) is 0 Å². The van der Waals surface area contributed by atoms with Gasteiger partial charge in [0.2, 0.25) is 0 Å². The van der Waals surface area contributed by atoms with Crippen molar-refractivity contribution >= 4 is 35.1 Å². The number of aryl methyl sites for hydroxylation is 1. The highest BCUT2D eigenvalue weighted by Gasteiger charge is 2.07. The average Bonchev–Trinajstić information content (AvgIpc) is 2.61. The summed E-state index contributed by atoms with van der Waals surface area (Å²) in [7, 11) is 0. The SMILES string of the molecule is Cc1[nH]c(=S)[nH]c1C(=S)Nc1ccc(F)cc1. The van der Waals surface area contributed by atoms with Crippen molar-refractivity contribution in [2.24, 2.45) is 0 Å². The molecule has 0 radical (unpaired) electrons. The van der Waals surface area contributed by atoms with E-state index in [1.54, 1.807) is 12.1 Å². The van der Waals surface area contributed by atoms with Crippen molar-refractivity contribution in [2.75, 3.05) is 5.32 Å². The number of nitrogens with one attached hydrogen (secondary N) is 3. The fraction of sp³-hybridized carbons (Fsp3) is 0.0909. The van der Waals surface area contributed by atoms with Crippen molar-refractivity contribution in [3.05, 3.63) is 46.2 Å². The molecular formula is C11H10FN3S2. The Balaban J connectivity index is 2.20. The highest BCUT2D eigenvalue weighted by atomic mass is 32.1. The van der Waals surface area contributed by atoms with E-state index in [4.69, 9.17) is 24.4 Å². The zero-order valence-corrected chi connectivity index (χ0v) is 10.6. The third kappa shape index (κ3) is 2.78. The van der Waals surface area contributed by atoms with Gasteiger partial charge in [-0.1, -0.05) is 12.2 Å². The van der Waals surface area contributed by atoms with E-state index in [2.05, 4.69) is 15.3 Å². The third-order valence-corrected chi connectivity index (χ3v) is 2.75. The lowest BCUT2D eigenvalue weighted by atomic mass is 10.3. The second-order valence-corrected chi connectivity index (χ2v) is 4.36. The second-order valence-electron chi connectivity index (χ2n) is 3.54. The Hall–Kier alpha value is -1.53. The number of aromatic amines is 2. The van der Waals surface area contributed by atoms with Gasteiger partial charge in [0.25, 0.3) is 0 Å². The molecule has 17 heavy (non-hydrogen) atoms. The topological polar surface area (TPSA) is 43.6 Å². The summed E-state index contributed by atoms with van der Waals surface area (Å²) in [5.41, 5.74) is 2.35. The number of aromatic nitrogens is 2. The first kappa shape index (κ1) is 11.9. The van der Waals surface area contributed by atoms with Gasteiger partial charge in [0.15, 0.2) is 4.77 Å². The summed E-state index contributed by atoms with van der Waals surface area (Å²) in [5.74, 6) is -0.279. The maximum absolute atomic E-state index is 12.7. The van der Waals surface area contributed by atoms with Crippen LogP contribution in [0.2, 0.25) is 0 Å². The first-order valence-electron chi connectivity index (χ1n) is 4.92. The molecule has 0 aliphatic carbocycles. The van der Waals surface area contributed by atoms with Crippen LogP contribution in [0, 0.1) is 17.5 Å². The lowest BCUT2D eigenvalue weighted by Crippen LogP contribution is -2.12. The van der Waals surface area contributed by atoms with Crippen molar-refractivity contribution in [1.82, 2.24) is 9.97 Å². The molecule has 0 bridgehead atoms. The van der Waals surface area contributed by atoms with Crippen LogP contribution in [-0.4, -0.2) is 15.0 Å². The van der Waals surface area contributed by atoms with E-state index >= 15 is 0 Å². The minimum atomic E-state index is -0.279. The maximum atomic E-state index is 12.7. The van der Waals surface area contributed by atoms with Crippen molar-refractivity contribution in [1.29, 1.82) is 0 Å². The second kappa shape index (κ2) is 4.77. The molecule has 0 atom stereocenters. The molecule has 0 saturated heterocycles. The molecule has 3 N–H and O–H groups in total. The number of benzene rings is 1. The van der Waals surface area contributed by atoms with E-state index in [1.807, 2.05) is 6.92 Å². The Kier molecular flexibility index (Phi) is 3.35. The predicted molar refractivity (Wildman–Crippen MR) is 72.4 cm³/mol. The molecule has 0 saturated carbocycles. The van der Waals surface area contributed by atoms with Crippen LogP contribution in [-0.2, 0) is 0 Å². The van der Waals surface area contributed by atoms with Gasteiger partial charge < -0.3 is 15.3 Å². The van der Waals surface area contributed by atoms with Gasteiger partial charge >= 0.3 is 0 Å². The quantitative estimate of drug-likeness (QED) is 0.731. The summed E-state index contributed by atoms with van der Waals surface area (Å²) < 4.78 is 13.3. The number of H-pyrrole nitrogens is 2. The zero-order chi connectivity index (χ0) is 12.4. The Morgan fingerprint density at radius 3 is 2.41 bits per heavy atom. The molecule has 1 aromatic carbocycles. The summed E-state index contributed by atoms with van der Waals surface area (Å²) >= 11 is 10.2. The summed E-state index contributed by atoms with van der Waals surface area (Å²) in [4.78, 5) is 6.43. The highest BCUT2D eigenvalue weighted by Crippen LogP contribution is 2.11. The molecule has 2 rings (SSSR count).